The molecule has 0 aromatic carbocycles. The van der Waals surface area contributed by atoms with Gasteiger partial charge >= 0.3 is 12.1 Å². The summed E-state index contributed by atoms with van der Waals surface area (Å²) in [5, 5.41) is 2.69. The molecule has 10 heteroatoms. The van der Waals surface area contributed by atoms with Crippen LogP contribution >= 0.6 is 15.9 Å². The average Bonchev–Trinajstić information content (AvgIpc) is 3.05. The summed E-state index contributed by atoms with van der Waals surface area (Å²) < 4.78 is 17.0. The van der Waals surface area contributed by atoms with Crippen molar-refractivity contribution in [1.82, 2.24) is 15.2 Å². The van der Waals surface area contributed by atoms with Crippen molar-refractivity contribution in [2.24, 2.45) is 5.41 Å². The second kappa shape index (κ2) is 10.3. The first-order valence-electron chi connectivity index (χ1n) is 10.8. The molecule has 0 spiro atoms. The number of halogens is 1. The van der Waals surface area contributed by atoms with E-state index in [0.29, 0.717) is 10.4 Å². The van der Waals surface area contributed by atoms with E-state index in [1.54, 1.807) is 32.9 Å². The number of carbonyl (C=O) groups excluding carboxylic acids is 3. The lowest BCUT2D eigenvalue weighted by molar-refractivity contribution is -0.152. The monoisotopic (exact) mass is 527 g/mol. The Hall–Kier alpha value is -2.36. The lowest BCUT2D eigenvalue weighted by Gasteiger charge is -2.35. The summed E-state index contributed by atoms with van der Waals surface area (Å²) in [7, 11) is 1.28. The van der Waals surface area contributed by atoms with Gasteiger partial charge in [-0.05, 0) is 49.0 Å². The SMILES string of the molecule is COC(=O)C1CC(Oc2cc(C)nc(Br)c2)CN1C(=O)C(NC(=O)OC(C)(C)C)C(C)(C)C. The van der Waals surface area contributed by atoms with E-state index in [-0.39, 0.29) is 13.0 Å². The van der Waals surface area contributed by atoms with Crippen molar-refractivity contribution in [3.8, 4) is 5.75 Å². The van der Waals surface area contributed by atoms with Crippen LogP contribution in [0.5, 0.6) is 5.75 Å². The number of esters is 1. The molecule has 3 unspecified atom stereocenters. The van der Waals surface area contributed by atoms with Crippen LogP contribution in [0.25, 0.3) is 0 Å². The minimum Gasteiger partial charge on any atom is -0.488 e. The van der Waals surface area contributed by atoms with Crippen LogP contribution in [-0.4, -0.2) is 65.3 Å². The molecule has 1 fully saturated rings. The Morgan fingerprint density at radius 2 is 1.82 bits per heavy atom. The number of nitrogens with one attached hydrogen (secondary N) is 1. The topological polar surface area (TPSA) is 107 Å². The number of carbonyl (C=O) groups is 3. The first-order valence-corrected chi connectivity index (χ1v) is 11.6. The Labute approximate surface area is 203 Å². The van der Waals surface area contributed by atoms with Gasteiger partial charge in [0.05, 0.1) is 13.7 Å². The average molecular weight is 528 g/mol. The molecule has 2 heterocycles. The van der Waals surface area contributed by atoms with Crippen LogP contribution in [0, 0.1) is 12.3 Å². The maximum absolute atomic E-state index is 13.6. The third-order valence-corrected chi connectivity index (χ3v) is 5.40. The van der Waals surface area contributed by atoms with Crippen LogP contribution in [0.15, 0.2) is 16.7 Å². The number of nitrogens with zero attached hydrogens (tertiary/aromatic N) is 2. The fourth-order valence-corrected chi connectivity index (χ4v) is 4.09. The number of pyridine rings is 1. The highest BCUT2D eigenvalue weighted by Gasteiger charge is 2.46. The summed E-state index contributed by atoms with van der Waals surface area (Å²) in [6.07, 6.45) is -0.871. The zero-order valence-corrected chi connectivity index (χ0v) is 22.1. The fourth-order valence-electron chi connectivity index (χ4n) is 3.58. The van der Waals surface area contributed by atoms with Crippen LogP contribution < -0.4 is 10.1 Å². The number of hydrogen-bond acceptors (Lipinski definition) is 7. The predicted octanol–water partition coefficient (Wildman–Crippen LogP) is 3.61. The van der Waals surface area contributed by atoms with Gasteiger partial charge in [0.1, 0.15) is 34.1 Å². The summed E-state index contributed by atoms with van der Waals surface area (Å²) in [6.45, 7) is 12.8. The molecule has 9 nitrogen and oxygen atoms in total. The summed E-state index contributed by atoms with van der Waals surface area (Å²) in [6, 6.07) is 1.76. The highest BCUT2D eigenvalue weighted by Crippen LogP contribution is 2.29. The number of hydrogen-bond donors (Lipinski definition) is 1. The molecule has 0 saturated carbocycles. The number of methoxy groups -OCH3 is 1. The lowest BCUT2D eigenvalue weighted by atomic mass is 9.85. The Balaban J connectivity index is 2.26. The van der Waals surface area contributed by atoms with Gasteiger partial charge in [0.25, 0.3) is 0 Å². The molecule has 0 radical (unpaired) electrons. The Bertz CT molecular complexity index is 873. The van der Waals surface area contributed by atoms with Crippen molar-refractivity contribution in [2.75, 3.05) is 13.7 Å². The molecule has 1 aliphatic heterocycles. The van der Waals surface area contributed by atoms with Crippen LogP contribution in [-0.2, 0) is 19.1 Å². The molecular weight excluding hydrogens is 494 g/mol. The van der Waals surface area contributed by atoms with E-state index in [1.807, 2.05) is 27.7 Å². The molecule has 1 aromatic heterocycles. The van der Waals surface area contributed by atoms with Gasteiger partial charge in [-0.2, -0.15) is 0 Å². The van der Waals surface area contributed by atoms with Crippen LogP contribution in [0.2, 0.25) is 0 Å². The summed E-state index contributed by atoms with van der Waals surface area (Å²) >= 11 is 3.35. The molecule has 3 atom stereocenters. The van der Waals surface area contributed by atoms with E-state index in [4.69, 9.17) is 14.2 Å². The molecule has 33 heavy (non-hydrogen) atoms. The van der Waals surface area contributed by atoms with Crippen molar-refractivity contribution >= 4 is 33.9 Å². The van der Waals surface area contributed by atoms with Gasteiger partial charge < -0.3 is 24.4 Å². The number of ether oxygens (including phenoxy) is 3. The van der Waals surface area contributed by atoms with E-state index in [0.717, 1.165) is 5.69 Å². The number of alkyl carbamates (subject to hydrolysis) is 1. The molecule has 1 aliphatic rings. The minimum absolute atomic E-state index is 0.167. The standard InChI is InChI=1S/C23H34BrN3O6/c1-13-9-14(11-17(24)25-13)32-15-10-16(20(29)31-8)27(12-15)19(28)18(22(2,3)4)26-21(30)33-23(5,6)7/h9,11,15-16,18H,10,12H2,1-8H3,(H,26,30). The van der Waals surface area contributed by atoms with Crippen molar-refractivity contribution in [3.63, 3.8) is 0 Å². The smallest absolute Gasteiger partial charge is 0.408 e. The van der Waals surface area contributed by atoms with Crippen LogP contribution in [0.4, 0.5) is 4.79 Å². The zero-order valence-electron chi connectivity index (χ0n) is 20.5. The van der Waals surface area contributed by atoms with Crippen LogP contribution in [0.1, 0.15) is 53.7 Å². The summed E-state index contributed by atoms with van der Waals surface area (Å²) in [4.78, 5) is 44.2. The first kappa shape index (κ1) is 26.9. The van der Waals surface area contributed by atoms with Gasteiger partial charge in [0.15, 0.2) is 0 Å². The normalized spacial score (nSPS) is 19.6. The molecule has 2 rings (SSSR count). The number of aryl methyl sites for hydroxylation is 1. The second-order valence-corrected chi connectivity index (χ2v) is 11.0. The zero-order chi connectivity index (χ0) is 25.1. The van der Waals surface area contributed by atoms with Gasteiger partial charge in [-0.1, -0.05) is 20.8 Å². The number of likely N-dealkylation sites (tertiary alicyclic amines) is 1. The van der Waals surface area contributed by atoms with E-state index >= 15 is 0 Å². The van der Waals surface area contributed by atoms with E-state index in [9.17, 15) is 14.4 Å². The Morgan fingerprint density at radius 1 is 1.18 bits per heavy atom. The van der Waals surface area contributed by atoms with Gasteiger partial charge in [0, 0.05) is 24.2 Å². The lowest BCUT2D eigenvalue weighted by Crippen LogP contribution is -2.57. The molecule has 0 aliphatic carbocycles. The van der Waals surface area contributed by atoms with Crippen molar-refractivity contribution in [2.45, 2.75) is 78.7 Å². The number of aromatic nitrogens is 1. The molecular formula is C23H34BrN3O6. The van der Waals surface area contributed by atoms with E-state index in [2.05, 4.69) is 26.2 Å². The van der Waals surface area contributed by atoms with Gasteiger partial charge in [-0.15, -0.1) is 0 Å². The van der Waals surface area contributed by atoms with Gasteiger partial charge in [-0.25, -0.2) is 14.6 Å². The first-order chi connectivity index (χ1) is 15.1. The maximum atomic E-state index is 13.6. The second-order valence-electron chi connectivity index (χ2n) is 10.2. The molecule has 1 saturated heterocycles. The van der Waals surface area contributed by atoms with Gasteiger partial charge in [-0.3, -0.25) is 4.79 Å². The largest absolute Gasteiger partial charge is 0.488 e. The molecule has 1 aromatic rings. The Kier molecular flexibility index (Phi) is 8.37. The molecule has 0 bridgehead atoms. The van der Waals surface area contributed by atoms with Crippen molar-refractivity contribution in [3.05, 3.63) is 22.4 Å². The third-order valence-electron chi connectivity index (χ3n) is 4.99. The van der Waals surface area contributed by atoms with Crippen molar-refractivity contribution < 1.29 is 28.6 Å². The molecule has 2 amide bonds. The minimum atomic E-state index is -0.921. The van der Waals surface area contributed by atoms with Gasteiger partial charge in [0.2, 0.25) is 5.91 Å². The van der Waals surface area contributed by atoms with E-state index in [1.165, 1.54) is 12.0 Å². The number of amides is 2. The quantitative estimate of drug-likeness (QED) is 0.460. The van der Waals surface area contributed by atoms with Crippen LogP contribution in [0.3, 0.4) is 0 Å². The third kappa shape index (κ3) is 7.58. The summed E-state index contributed by atoms with van der Waals surface area (Å²) in [5.41, 5.74) is -0.585. The molecule has 184 valence electrons. The van der Waals surface area contributed by atoms with E-state index < -0.39 is 47.2 Å². The highest BCUT2D eigenvalue weighted by atomic mass is 79.9. The summed E-state index contributed by atoms with van der Waals surface area (Å²) in [5.74, 6) is -0.357. The maximum Gasteiger partial charge on any atom is 0.408 e. The highest BCUT2D eigenvalue weighted by molar-refractivity contribution is 9.10. The fraction of sp³-hybridized carbons (Fsp3) is 0.652. The molecule has 1 N–H and O–H groups in total. The Morgan fingerprint density at radius 3 is 2.33 bits per heavy atom. The van der Waals surface area contributed by atoms with Crippen molar-refractivity contribution in [1.29, 1.82) is 0 Å². The predicted molar refractivity (Wildman–Crippen MR) is 126 cm³/mol. The number of rotatable bonds is 5.